The molecule has 11 heteroatoms. The molecule has 1 aliphatic rings. The minimum atomic E-state index is -0.0824. The molecule has 2 aromatic rings. The lowest BCUT2D eigenvalue weighted by Gasteiger charge is -2.23. The van der Waals surface area contributed by atoms with Crippen LogP contribution in [0.25, 0.3) is 0 Å². The average molecular weight is 424 g/mol. The maximum absolute atomic E-state index is 12.2. The van der Waals surface area contributed by atoms with Crippen LogP contribution in [0.4, 0.5) is 17.6 Å². The lowest BCUT2D eigenvalue weighted by atomic mass is 10.2. The Bertz CT molecular complexity index is 816. The van der Waals surface area contributed by atoms with Gasteiger partial charge in [0.2, 0.25) is 17.8 Å². The molecule has 1 fully saturated rings. The zero-order valence-electron chi connectivity index (χ0n) is 16.4. The summed E-state index contributed by atoms with van der Waals surface area (Å²) in [5.41, 5.74) is 6.37. The Labute approximate surface area is 175 Å². The van der Waals surface area contributed by atoms with Gasteiger partial charge in [-0.1, -0.05) is 6.07 Å². The minimum Gasteiger partial charge on any atom is -0.486 e. The molecule has 1 aromatic heterocycles. The summed E-state index contributed by atoms with van der Waals surface area (Å²) in [7, 11) is 3.64. The van der Waals surface area contributed by atoms with Crippen LogP contribution in [0.3, 0.4) is 0 Å². The van der Waals surface area contributed by atoms with Crippen molar-refractivity contribution >= 4 is 35.9 Å². The van der Waals surface area contributed by atoms with Gasteiger partial charge in [-0.2, -0.15) is 15.0 Å². The first-order valence-corrected chi connectivity index (χ1v) is 9.01. The standard InChI is InChI=1S/C18H25N7O3.ClH/c1-25(2)18-23-15(22-17(19)24-18)11-28-14-5-3-4-12(8-14)21-16(26)9-13-10-27-7-6-20-13;/h3-5,8,13,20H,6-7,9-11H2,1-2H3,(H,21,26)(H2,19,22,23,24);1H. The van der Waals surface area contributed by atoms with Crippen molar-refractivity contribution < 1.29 is 14.3 Å². The number of benzene rings is 1. The maximum Gasteiger partial charge on any atom is 0.230 e. The summed E-state index contributed by atoms with van der Waals surface area (Å²) >= 11 is 0. The Morgan fingerprint density at radius 1 is 1.38 bits per heavy atom. The molecule has 0 radical (unpaired) electrons. The molecule has 0 bridgehead atoms. The van der Waals surface area contributed by atoms with Crippen molar-refractivity contribution in [2.45, 2.75) is 19.1 Å². The number of nitrogen functional groups attached to an aromatic ring is 1. The highest BCUT2D eigenvalue weighted by Gasteiger charge is 2.17. The molecule has 1 unspecified atom stereocenters. The van der Waals surface area contributed by atoms with E-state index in [0.717, 1.165) is 6.54 Å². The van der Waals surface area contributed by atoms with Gasteiger partial charge in [0, 0.05) is 44.9 Å². The third-order valence-electron chi connectivity index (χ3n) is 4.00. The van der Waals surface area contributed by atoms with Crippen molar-refractivity contribution in [2.75, 3.05) is 49.8 Å². The number of nitrogens with two attached hydrogens (primary N) is 1. The molecule has 0 spiro atoms. The normalized spacial score (nSPS) is 15.9. The number of rotatable bonds is 7. The number of hydrogen-bond donors (Lipinski definition) is 3. The molecule has 0 saturated carbocycles. The second-order valence-corrected chi connectivity index (χ2v) is 6.60. The molecular weight excluding hydrogens is 398 g/mol. The molecule has 1 saturated heterocycles. The predicted octanol–water partition coefficient (Wildman–Crippen LogP) is 0.838. The summed E-state index contributed by atoms with van der Waals surface area (Å²) in [5.74, 6) is 1.53. The van der Waals surface area contributed by atoms with E-state index in [-0.39, 0.29) is 36.9 Å². The monoisotopic (exact) mass is 423 g/mol. The number of carbonyl (C=O) groups is 1. The van der Waals surface area contributed by atoms with Crippen molar-refractivity contribution in [1.82, 2.24) is 20.3 Å². The van der Waals surface area contributed by atoms with Crippen molar-refractivity contribution in [3.8, 4) is 5.75 Å². The van der Waals surface area contributed by atoms with Crippen molar-refractivity contribution in [1.29, 1.82) is 0 Å². The van der Waals surface area contributed by atoms with Crippen LogP contribution in [0.2, 0.25) is 0 Å². The summed E-state index contributed by atoms with van der Waals surface area (Å²) in [5, 5.41) is 6.14. The number of anilines is 3. The molecule has 0 aliphatic carbocycles. The molecule has 4 N–H and O–H groups in total. The zero-order valence-corrected chi connectivity index (χ0v) is 17.2. The SMILES string of the molecule is CN(C)c1nc(N)nc(COc2cccc(NC(=O)CC3COCCN3)c2)n1.Cl. The summed E-state index contributed by atoms with van der Waals surface area (Å²) < 4.78 is 11.1. The minimum absolute atomic E-state index is 0. The van der Waals surface area contributed by atoms with Crippen molar-refractivity contribution in [2.24, 2.45) is 0 Å². The van der Waals surface area contributed by atoms with Gasteiger partial charge in [-0.3, -0.25) is 4.79 Å². The van der Waals surface area contributed by atoms with E-state index in [1.54, 1.807) is 29.2 Å². The predicted molar refractivity (Wildman–Crippen MR) is 112 cm³/mol. The van der Waals surface area contributed by atoms with Gasteiger partial charge in [0.25, 0.3) is 0 Å². The van der Waals surface area contributed by atoms with Gasteiger partial charge in [0.1, 0.15) is 12.4 Å². The van der Waals surface area contributed by atoms with Crippen LogP contribution in [0, 0.1) is 0 Å². The fourth-order valence-corrected chi connectivity index (χ4v) is 2.69. The van der Waals surface area contributed by atoms with E-state index in [2.05, 4.69) is 25.6 Å². The summed E-state index contributed by atoms with van der Waals surface area (Å²) in [6.45, 7) is 2.12. The Hall–Kier alpha value is -2.69. The molecule has 1 aliphatic heterocycles. The van der Waals surface area contributed by atoms with E-state index in [0.29, 0.717) is 42.8 Å². The first kappa shape index (κ1) is 22.6. The quantitative estimate of drug-likeness (QED) is 0.593. The third kappa shape index (κ3) is 7.00. The smallest absolute Gasteiger partial charge is 0.230 e. The lowest BCUT2D eigenvalue weighted by Crippen LogP contribution is -2.43. The number of aromatic nitrogens is 3. The second kappa shape index (κ2) is 10.7. The van der Waals surface area contributed by atoms with Crippen LogP contribution in [0.1, 0.15) is 12.2 Å². The molecule has 2 heterocycles. The van der Waals surface area contributed by atoms with Gasteiger partial charge >= 0.3 is 0 Å². The first-order chi connectivity index (χ1) is 13.5. The van der Waals surface area contributed by atoms with E-state index >= 15 is 0 Å². The van der Waals surface area contributed by atoms with E-state index in [4.69, 9.17) is 15.2 Å². The van der Waals surface area contributed by atoms with Crippen LogP contribution < -0.4 is 26.0 Å². The number of nitrogens with zero attached hydrogens (tertiary/aromatic N) is 4. The molecule has 3 rings (SSSR count). The topological polar surface area (TPSA) is 128 Å². The number of ether oxygens (including phenoxy) is 2. The number of nitrogens with one attached hydrogen (secondary N) is 2. The van der Waals surface area contributed by atoms with Crippen LogP contribution in [0.5, 0.6) is 5.75 Å². The van der Waals surface area contributed by atoms with Gasteiger partial charge in [-0.25, -0.2) is 0 Å². The Morgan fingerprint density at radius 2 is 2.21 bits per heavy atom. The number of hydrogen-bond acceptors (Lipinski definition) is 9. The van der Waals surface area contributed by atoms with Gasteiger partial charge in [0.15, 0.2) is 5.82 Å². The Morgan fingerprint density at radius 3 is 2.93 bits per heavy atom. The summed E-state index contributed by atoms with van der Waals surface area (Å²) in [4.78, 5) is 26.4. The molecular formula is C18H26ClN7O3. The van der Waals surface area contributed by atoms with E-state index in [1.165, 1.54) is 0 Å². The summed E-state index contributed by atoms with van der Waals surface area (Å²) in [6, 6.07) is 7.19. The molecule has 29 heavy (non-hydrogen) atoms. The molecule has 1 amide bonds. The number of amides is 1. The van der Waals surface area contributed by atoms with E-state index in [9.17, 15) is 4.79 Å². The summed E-state index contributed by atoms with van der Waals surface area (Å²) in [6.07, 6.45) is 0.350. The van der Waals surface area contributed by atoms with Crippen LogP contribution in [-0.4, -0.2) is 60.8 Å². The Kier molecular flexibility index (Phi) is 8.37. The van der Waals surface area contributed by atoms with Gasteiger partial charge in [-0.05, 0) is 12.1 Å². The fraction of sp³-hybridized carbons (Fsp3) is 0.444. The van der Waals surface area contributed by atoms with E-state index in [1.807, 2.05) is 14.1 Å². The van der Waals surface area contributed by atoms with Gasteiger partial charge < -0.3 is 30.7 Å². The van der Waals surface area contributed by atoms with Crippen LogP contribution in [-0.2, 0) is 16.1 Å². The molecule has 158 valence electrons. The largest absolute Gasteiger partial charge is 0.486 e. The van der Waals surface area contributed by atoms with Gasteiger partial charge in [0.05, 0.1) is 13.2 Å². The average Bonchev–Trinajstić information content (AvgIpc) is 2.67. The first-order valence-electron chi connectivity index (χ1n) is 9.01. The highest BCUT2D eigenvalue weighted by atomic mass is 35.5. The Balaban J connectivity index is 0.00000300. The van der Waals surface area contributed by atoms with Crippen molar-refractivity contribution in [3.05, 3.63) is 30.1 Å². The van der Waals surface area contributed by atoms with Gasteiger partial charge in [-0.15, -0.1) is 12.4 Å². The fourth-order valence-electron chi connectivity index (χ4n) is 2.69. The molecule has 10 nitrogen and oxygen atoms in total. The highest BCUT2D eigenvalue weighted by Crippen LogP contribution is 2.19. The maximum atomic E-state index is 12.2. The molecule has 1 aromatic carbocycles. The third-order valence-corrected chi connectivity index (χ3v) is 4.00. The molecule has 1 atom stereocenters. The van der Waals surface area contributed by atoms with Crippen molar-refractivity contribution in [3.63, 3.8) is 0 Å². The number of halogens is 1. The number of morpholine rings is 1. The lowest BCUT2D eigenvalue weighted by molar-refractivity contribution is -0.117. The second-order valence-electron chi connectivity index (χ2n) is 6.60. The zero-order chi connectivity index (χ0) is 19.9. The van der Waals surface area contributed by atoms with E-state index < -0.39 is 0 Å². The number of carbonyl (C=O) groups excluding carboxylic acids is 1. The highest BCUT2D eigenvalue weighted by molar-refractivity contribution is 5.91. The van der Waals surface area contributed by atoms with Crippen LogP contribution >= 0.6 is 12.4 Å². The van der Waals surface area contributed by atoms with Crippen LogP contribution in [0.15, 0.2) is 24.3 Å².